The van der Waals surface area contributed by atoms with E-state index in [9.17, 15) is 9.00 Å². The monoisotopic (exact) mass is 528 g/mol. The molecule has 4 nitrogen and oxygen atoms in total. The Morgan fingerprint density at radius 3 is 2.05 bits per heavy atom. The van der Waals surface area contributed by atoms with Gasteiger partial charge in [0.25, 0.3) is 0 Å². The van der Waals surface area contributed by atoms with Gasteiger partial charge in [0.2, 0.25) is 0 Å². The Hall–Kier alpha value is -3.57. The molecule has 0 bridgehead atoms. The summed E-state index contributed by atoms with van der Waals surface area (Å²) in [5, 5.41) is 0. The van der Waals surface area contributed by atoms with E-state index in [1.165, 1.54) is 5.56 Å². The van der Waals surface area contributed by atoms with Crippen LogP contribution in [0, 0.1) is 0 Å². The van der Waals surface area contributed by atoms with Crippen molar-refractivity contribution >= 4 is 22.5 Å². The molecule has 0 radical (unpaired) electrons. The lowest BCUT2D eigenvalue weighted by molar-refractivity contribution is 0.101. The standard InChI is InChI=1S/C17H24N2OS.C16H16O/c1-6-10-13(2)18-15(4)14(3)16(5)19-21(20)17-11-8-7-9-12-17;1-3-13-8-10-14(11-9-13)16-7-5-4-6-15(16)12(2)17/h7-9,11-12,19H,5-6,10H2,1-4H3;4-11H,3H2,1-2H3/b15-14+,18-13?;. The zero-order chi connectivity index (χ0) is 28.1. The first-order valence-corrected chi connectivity index (χ1v) is 14.2. The van der Waals surface area contributed by atoms with E-state index in [1.807, 2.05) is 75.4 Å². The van der Waals surface area contributed by atoms with Crippen molar-refractivity contribution in [3.8, 4) is 11.1 Å². The Morgan fingerprint density at radius 2 is 1.47 bits per heavy atom. The predicted molar refractivity (Wildman–Crippen MR) is 163 cm³/mol. The van der Waals surface area contributed by atoms with Crippen molar-refractivity contribution in [1.29, 1.82) is 0 Å². The first kappa shape index (κ1) is 30.7. The van der Waals surface area contributed by atoms with Crippen LogP contribution in [0.2, 0.25) is 0 Å². The number of benzene rings is 3. The van der Waals surface area contributed by atoms with Gasteiger partial charge in [-0.2, -0.15) is 0 Å². The first-order valence-electron chi connectivity index (χ1n) is 13.0. The van der Waals surface area contributed by atoms with Crippen LogP contribution in [-0.2, 0) is 17.4 Å². The van der Waals surface area contributed by atoms with E-state index < -0.39 is 11.0 Å². The van der Waals surface area contributed by atoms with E-state index in [4.69, 9.17) is 0 Å². The number of Topliss-reactive ketones (excluding diaryl/α,β-unsaturated/α-hetero) is 1. The van der Waals surface area contributed by atoms with Crippen molar-refractivity contribution < 1.29 is 9.00 Å². The molecule has 0 heterocycles. The summed E-state index contributed by atoms with van der Waals surface area (Å²) in [6.45, 7) is 15.8. The average molecular weight is 529 g/mol. The molecule has 0 aliphatic carbocycles. The Labute approximate surface area is 231 Å². The molecule has 38 heavy (non-hydrogen) atoms. The van der Waals surface area contributed by atoms with Crippen molar-refractivity contribution in [3.63, 3.8) is 0 Å². The van der Waals surface area contributed by atoms with Gasteiger partial charge in [0.05, 0.1) is 4.90 Å². The summed E-state index contributed by atoms with van der Waals surface area (Å²) < 4.78 is 15.1. The molecule has 0 aromatic heterocycles. The predicted octanol–water partition coefficient (Wildman–Crippen LogP) is 8.49. The van der Waals surface area contributed by atoms with E-state index in [1.54, 1.807) is 6.92 Å². The van der Waals surface area contributed by atoms with Gasteiger partial charge in [0, 0.05) is 22.7 Å². The molecule has 0 aliphatic heterocycles. The van der Waals surface area contributed by atoms with Crippen LogP contribution < -0.4 is 4.72 Å². The summed E-state index contributed by atoms with van der Waals surface area (Å²) >= 11 is 0. The normalized spacial score (nSPS) is 12.5. The maximum absolute atomic E-state index is 12.2. The summed E-state index contributed by atoms with van der Waals surface area (Å²) in [6, 6.07) is 25.4. The van der Waals surface area contributed by atoms with E-state index in [0.29, 0.717) is 5.70 Å². The van der Waals surface area contributed by atoms with E-state index in [2.05, 4.69) is 54.4 Å². The molecule has 0 amide bonds. The van der Waals surface area contributed by atoms with E-state index in [0.717, 1.165) is 57.8 Å². The molecule has 0 saturated carbocycles. The van der Waals surface area contributed by atoms with Gasteiger partial charge in [-0.25, -0.2) is 4.21 Å². The van der Waals surface area contributed by atoms with Gasteiger partial charge in [0.15, 0.2) is 5.78 Å². The minimum Gasteiger partial charge on any atom is -0.301 e. The number of nitrogens with one attached hydrogen (secondary N) is 1. The fourth-order valence-corrected chi connectivity index (χ4v) is 4.66. The molecule has 1 N–H and O–H groups in total. The van der Waals surface area contributed by atoms with Crippen LogP contribution in [0.1, 0.15) is 70.3 Å². The molecule has 0 aliphatic rings. The number of ketones is 1. The number of hydrogen-bond donors (Lipinski definition) is 1. The summed E-state index contributed by atoms with van der Waals surface area (Å²) in [7, 11) is -1.30. The van der Waals surface area contributed by atoms with Crippen molar-refractivity contribution in [1.82, 2.24) is 4.72 Å². The third-order valence-corrected chi connectivity index (χ3v) is 7.25. The maximum atomic E-state index is 12.2. The zero-order valence-corrected chi connectivity index (χ0v) is 24.3. The number of aliphatic imine (C=N–C) groups is 1. The summed E-state index contributed by atoms with van der Waals surface area (Å²) in [6.07, 6.45) is 3.11. The van der Waals surface area contributed by atoms with Gasteiger partial charge in [-0.1, -0.05) is 93.6 Å². The Kier molecular flexibility index (Phi) is 12.6. The number of allylic oxidation sites excluding steroid dienone is 2. The third-order valence-electron chi connectivity index (χ3n) is 6.12. The zero-order valence-electron chi connectivity index (χ0n) is 23.5. The molecule has 3 aromatic carbocycles. The molecule has 1 unspecified atom stereocenters. The quantitative estimate of drug-likeness (QED) is 0.163. The lowest BCUT2D eigenvalue weighted by atomic mass is 9.96. The van der Waals surface area contributed by atoms with Crippen LogP contribution in [0.3, 0.4) is 0 Å². The second-order valence-electron chi connectivity index (χ2n) is 9.12. The second kappa shape index (κ2) is 15.6. The Morgan fingerprint density at radius 1 is 0.868 bits per heavy atom. The SMILES string of the molecule is C=C(NS(=O)c1ccccc1)/C(C)=C(\C)N=C(C)CCC.CCc1ccc(-c2ccccc2C(C)=O)cc1. The molecule has 1 atom stereocenters. The van der Waals surface area contributed by atoms with E-state index in [-0.39, 0.29) is 5.78 Å². The molecule has 3 rings (SSSR count). The highest BCUT2D eigenvalue weighted by molar-refractivity contribution is 7.83. The van der Waals surface area contributed by atoms with Crippen LogP contribution in [-0.4, -0.2) is 15.7 Å². The number of aryl methyl sites for hydroxylation is 1. The van der Waals surface area contributed by atoms with Gasteiger partial charge in [-0.3, -0.25) is 9.79 Å². The second-order valence-corrected chi connectivity index (χ2v) is 10.3. The van der Waals surface area contributed by atoms with Crippen LogP contribution >= 0.6 is 0 Å². The number of hydrogen-bond acceptors (Lipinski definition) is 3. The van der Waals surface area contributed by atoms with Gasteiger partial charge in [0.1, 0.15) is 11.0 Å². The number of rotatable bonds is 10. The van der Waals surface area contributed by atoms with Crippen molar-refractivity contribution in [2.24, 2.45) is 4.99 Å². The van der Waals surface area contributed by atoms with Crippen LogP contribution in [0.4, 0.5) is 0 Å². The largest absolute Gasteiger partial charge is 0.301 e. The van der Waals surface area contributed by atoms with Gasteiger partial charge in [-0.15, -0.1) is 0 Å². The minimum absolute atomic E-state index is 0.111. The lowest BCUT2D eigenvalue weighted by Gasteiger charge is -2.11. The fraction of sp³-hybridized carbons (Fsp3) is 0.273. The molecule has 3 aromatic rings. The lowest BCUT2D eigenvalue weighted by Crippen LogP contribution is -2.17. The van der Waals surface area contributed by atoms with E-state index >= 15 is 0 Å². The average Bonchev–Trinajstić information content (AvgIpc) is 2.93. The highest BCUT2D eigenvalue weighted by atomic mass is 32.2. The highest BCUT2D eigenvalue weighted by Gasteiger charge is 2.08. The summed E-state index contributed by atoms with van der Waals surface area (Å²) in [5.74, 6) is 0.111. The Bertz CT molecular complexity index is 1310. The number of carbonyl (C=O) groups excluding carboxylic acids is 1. The van der Waals surface area contributed by atoms with Gasteiger partial charge < -0.3 is 4.72 Å². The molecule has 0 spiro atoms. The fourth-order valence-electron chi connectivity index (χ4n) is 3.76. The van der Waals surface area contributed by atoms with Crippen molar-refractivity contribution in [2.45, 2.75) is 65.7 Å². The van der Waals surface area contributed by atoms with Gasteiger partial charge >= 0.3 is 0 Å². The number of nitrogens with zero attached hydrogens (tertiary/aromatic N) is 1. The molecule has 0 saturated heterocycles. The van der Waals surface area contributed by atoms with Gasteiger partial charge in [-0.05, 0) is 74.9 Å². The molecular weight excluding hydrogens is 488 g/mol. The molecular formula is C33H40N2O2S. The first-order chi connectivity index (χ1) is 18.2. The number of carbonyl (C=O) groups is 1. The van der Waals surface area contributed by atoms with Crippen LogP contribution in [0.25, 0.3) is 11.1 Å². The van der Waals surface area contributed by atoms with Crippen molar-refractivity contribution in [3.05, 3.63) is 114 Å². The topological polar surface area (TPSA) is 58.5 Å². The highest BCUT2D eigenvalue weighted by Crippen LogP contribution is 2.24. The van der Waals surface area contributed by atoms with Crippen LogP contribution in [0.5, 0.6) is 0 Å². The maximum Gasteiger partial charge on any atom is 0.160 e. The van der Waals surface area contributed by atoms with Crippen molar-refractivity contribution in [2.75, 3.05) is 0 Å². The third kappa shape index (κ3) is 9.38. The molecule has 200 valence electrons. The molecule has 5 heteroatoms. The Balaban J connectivity index is 0.000000272. The summed E-state index contributed by atoms with van der Waals surface area (Å²) in [5.41, 5.74) is 7.80. The van der Waals surface area contributed by atoms with Crippen LogP contribution in [0.15, 0.2) is 112 Å². The smallest absolute Gasteiger partial charge is 0.160 e. The molecule has 0 fully saturated rings. The summed E-state index contributed by atoms with van der Waals surface area (Å²) in [4.78, 5) is 16.9. The minimum atomic E-state index is -1.30.